The lowest BCUT2D eigenvalue weighted by Gasteiger charge is -2.00. The first kappa shape index (κ1) is 9.07. The maximum atomic E-state index is 12.9. The second kappa shape index (κ2) is 4.12. The van der Waals surface area contributed by atoms with Gasteiger partial charge < -0.3 is 0 Å². The summed E-state index contributed by atoms with van der Waals surface area (Å²) < 4.78 is 13.8. The van der Waals surface area contributed by atoms with E-state index in [4.69, 9.17) is 0 Å². The van der Waals surface area contributed by atoms with Crippen molar-refractivity contribution >= 4 is 28.6 Å². The van der Waals surface area contributed by atoms with Crippen LogP contribution in [0.2, 0.25) is 0 Å². The summed E-state index contributed by atoms with van der Waals surface area (Å²) in [6.07, 6.45) is 0.675. The fraction of sp³-hybridized carbons (Fsp3) is 0.250. The van der Waals surface area contributed by atoms with Gasteiger partial charge >= 0.3 is 0 Å². The highest BCUT2D eigenvalue weighted by atomic mass is 79.9. The van der Waals surface area contributed by atoms with Gasteiger partial charge in [0.2, 0.25) is 0 Å². The van der Waals surface area contributed by atoms with Gasteiger partial charge in [-0.3, -0.25) is 0 Å². The smallest absolute Gasteiger partial charge is 0.126 e. The molecule has 0 bridgehead atoms. The number of halogens is 2. The zero-order chi connectivity index (χ0) is 8.27. The largest absolute Gasteiger partial charge is 0.207 e. The summed E-state index contributed by atoms with van der Waals surface area (Å²) in [5.74, 6) is 0.523. The van der Waals surface area contributed by atoms with Gasteiger partial charge in [-0.05, 0) is 35.9 Å². The summed E-state index contributed by atoms with van der Waals surface area (Å²) in [5, 5.41) is 0. The molecule has 0 aromatic heterocycles. The second-order valence-corrected chi connectivity index (χ2v) is 3.57. The molecule has 1 rings (SSSR count). The first-order valence-corrected chi connectivity index (χ1v) is 4.71. The Kier molecular flexibility index (Phi) is 3.40. The molecule has 1 aromatic rings. The number of hydrogen-bond acceptors (Lipinski definition) is 1. The predicted molar refractivity (Wildman–Crippen MR) is 51.7 cm³/mol. The average Bonchev–Trinajstić information content (AvgIpc) is 1.98. The van der Waals surface area contributed by atoms with Crippen LogP contribution >= 0.6 is 28.6 Å². The van der Waals surface area contributed by atoms with Crippen LogP contribution in [0.15, 0.2) is 22.7 Å². The van der Waals surface area contributed by atoms with Crippen molar-refractivity contribution in [2.75, 3.05) is 5.75 Å². The molecule has 60 valence electrons. The summed E-state index contributed by atoms with van der Waals surface area (Å²) in [5.41, 5.74) is 0.717. The lowest BCUT2D eigenvalue weighted by atomic mass is 10.2. The van der Waals surface area contributed by atoms with Gasteiger partial charge in [-0.15, -0.1) is 0 Å². The second-order valence-electron chi connectivity index (χ2n) is 2.21. The normalized spacial score (nSPS) is 10.1. The highest BCUT2D eigenvalue weighted by Crippen LogP contribution is 2.15. The van der Waals surface area contributed by atoms with E-state index in [1.54, 1.807) is 12.1 Å². The highest BCUT2D eigenvalue weighted by molar-refractivity contribution is 9.10. The molecule has 0 aliphatic carbocycles. The number of aryl methyl sites for hydroxylation is 1. The van der Waals surface area contributed by atoms with Crippen LogP contribution in [0.1, 0.15) is 5.56 Å². The van der Waals surface area contributed by atoms with Gasteiger partial charge in [0, 0.05) is 4.47 Å². The Bertz CT molecular complexity index is 250. The van der Waals surface area contributed by atoms with Gasteiger partial charge in [0.15, 0.2) is 0 Å². The van der Waals surface area contributed by atoms with E-state index < -0.39 is 0 Å². The van der Waals surface area contributed by atoms with Crippen LogP contribution in [0.5, 0.6) is 0 Å². The summed E-state index contributed by atoms with van der Waals surface area (Å²) in [6.45, 7) is 0. The molecule has 0 aliphatic rings. The molecule has 0 spiro atoms. The molecule has 0 fully saturated rings. The van der Waals surface area contributed by atoms with Crippen molar-refractivity contribution in [2.45, 2.75) is 6.42 Å². The molecule has 0 unspecified atom stereocenters. The monoisotopic (exact) mass is 234 g/mol. The Morgan fingerprint density at radius 1 is 1.45 bits per heavy atom. The fourth-order valence-electron chi connectivity index (χ4n) is 0.855. The van der Waals surface area contributed by atoms with Crippen LogP contribution in [-0.2, 0) is 6.42 Å². The molecular weight excluding hydrogens is 227 g/mol. The predicted octanol–water partition coefficient (Wildman–Crippen LogP) is 3.06. The molecule has 1 aromatic carbocycles. The van der Waals surface area contributed by atoms with Gasteiger partial charge in [0.1, 0.15) is 5.82 Å². The molecule has 0 heterocycles. The minimum atomic E-state index is -0.151. The lowest BCUT2D eigenvalue weighted by molar-refractivity contribution is 0.612. The van der Waals surface area contributed by atoms with Gasteiger partial charge in [-0.2, -0.15) is 12.6 Å². The molecule has 0 N–H and O–H groups in total. The highest BCUT2D eigenvalue weighted by Gasteiger charge is 2.00. The minimum Gasteiger partial charge on any atom is -0.207 e. The van der Waals surface area contributed by atoms with Crippen LogP contribution in [0.3, 0.4) is 0 Å². The molecule has 0 saturated heterocycles. The first-order chi connectivity index (χ1) is 5.24. The van der Waals surface area contributed by atoms with Gasteiger partial charge in [-0.1, -0.05) is 15.9 Å². The van der Waals surface area contributed by atoms with Gasteiger partial charge in [-0.25, -0.2) is 4.39 Å². The van der Waals surface area contributed by atoms with E-state index in [2.05, 4.69) is 28.6 Å². The molecular formula is C8H8BrFS. The zero-order valence-corrected chi connectivity index (χ0v) is 8.33. The van der Waals surface area contributed by atoms with Crippen LogP contribution in [-0.4, -0.2) is 5.75 Å². The molecule has 0 aliphatic heterocycles. The zero-order valence-electron chi connectivity index (χ0n) is 5.85. The Morgan fingerprint density at radius 3 is 2.82 bits per heavy atom. The Hall–Kier alpha value is -0.0200. The van der Waals surface area contributed by atoms with Gasteiger partial charge in [0.05, 0.1) is 0 Å². The number of rotatable bonds is 2. The quantitative estimate of drug-likeness (QED) is 0.748. The Morgan fingerprint density at radius 2 is 2.18 bits per heavy atom. The molecule has 3 heteroatoms. The topological polar surface area (TPSA) is 0 Å². The summed E-state index contributed by atoms with van der Waals surface area (Å²) in [7, 11) is 0. The number of thiol groups is 1. The van der Waals surface area contributed by atoms with E-state index in [0.717, 1.165) is 10.0 Å². The summed E-state index contributed by atoms with van der Waals surface area (Å²) in [4.78, 5) is 0. The average molecular weight is 235 g/mol. The van der Waals surface area contributed by atoms with E-state index >= 15 is 0 Å². The van der Waals surface area contributed by atoms with Crippen LogP contribution in [0.25, 0.3) is 0 Å². The summed E-state index contributed by atoms with van der Waals surface area (Å²) >= 11 is 7.31. The molecule has 0 saturated carbocycles. The lowest BCUT2D eigenvalue weighted by Crippen LogP contribution is -1.90. The van der Waals surface area contributed by atoms with E-state index in [9.17, 15) is 4.39 Å². The third kappa shape index (κ3) is 2.49. The molecule has 0 amide bonds. The maximum absolute atomic E-state index is 12.9. The SMILES string of the molecule is Fc1ccc(Br)cc1CCS. The van der Waals surface area contributed by atoms with Crippen molar-refractivity contribution in [3.05, 3.63) is 34.1 Å². The number of benzene rings is 1. The Labute approximate surface area is 79.3 Å². The fourth-order valence-corrected chi connectivity index (χ4v) is 1.50. The van der Waals surface area contributed by atoms with Crippen molar-refractivity contribution in [2.24, 2.45) is 0 Å². The third-order valence-electron chi connectivity index (χ3n) is 1.39. The number of hydrogen-bond donors (Lipinski definition) is 1. The molecule has 0 radical (unpaired) electrons. The first-order valence-electron chi connectivity index (χ1n) is 3.29. The van der Waals surface area contributed by atoms with Crippen molar-refractivity contribution in [3.63, 3.8) is 0 Å². The van der Waals surface area contributed by atoms with Crippen molar-refractivity contribution in [1.29, 1.82) is 0 Å². The van der Waals surface area contributed by atoms with E-state index in [-0.39, 0.29) is 5.82 Å². The minimum absolute atomic E-state index is 0.151. The molecule has 0 atom stereocenters. The van der Waals surface area contributed by atoms with Gasteiger partial charge in [0.25, 0.3) is 0 Å². The third-order valence-corrected chi connectivity index (χ3v) is 2.11. The molecule has 0 nitrogen and oxygen atoms in total. The van der Waals surface area contributed by atoms with Crippen molar-refractivity contribution in [1.82, 2.24) is 0 Å². The van der Waals surface area contributed by atoms with E-state index in [1.165, 1.54) is 6.07 Å². The Balaban J connectivity index is 2.93. The van der Waals surface area contributed by atoms with Crippen molar-refractivity contribution in [3.8, 4) is 0 Å². The van der Waals surface area contributed by atoms with Crippen LogP contribution in [0, 0.1) is 5.82 Å². The van der Waals surface area contributed by atoms with Crippen molar-refractivity contribution < 1.29 is 4.39 Å². The van der Waals surface area contributed by atoms with Crippen LogP contribution < -0.4 is 0 Å². The van der Waals surface area contributed by atoms with Crippen LogP contribution in [0.4, 0.5) is 4.39 Å². The molecule has 11 heavy (non-hydrogen) atoms. The standard InChI is InChI=1S/C8H8BrFS/c9-7-1-2-8(10)6(5-7)3-4-11/h1-2,5,11H,3-4H2. The van der Waals surface area contributed by atoms with E-state index in [0.29, 0.717) is 12.2 Å². The van der Waals surface area contributed by atoms with E-state index in [1.807, 2.05) is 0 Å². The maximum Gasteiger partial charge on any atom is 0.126 e. The summed E-state index contributed by atoms with van der Waals surface area (Å²) in [6, 6.07) is 4.94.